The molecule has 1 amide bonds. The largest absolute Gasteiger partial charge is 0.465 e. The van der Waals surface area contributed by atoms with Crippen molar-refractivity contribution in [2.45, 2.75) is 26.2 Å². The first-order chi connectivity index (χ1) is 16.5. The van der Waals surface area contributed by atoms with Crippen LogP contribution in [0.3, 0.4) is 0 Å². The fourth-order valence-electron chi connectivity index (χ4n) is 3.94. The molecule has 0 spiro atoms. The SMILES string of the molecule is CCOC(=O)CN(C(=O)COC(=O)c1nn(-c2ccc(F)cc2)c2c1CCC2)c1ccccc1. The second-order valence-corrected chi connectivity index (χ2v) is 7.71. The Hall–Kier alpha value is -4.01. The van der Waals surface area contributed by atoms with Crippen molar-refractivity contribution in [3.8, 4) is 5.69 Å². The van der Waals surface area contributed by atoms with Gasteiger partial charge in [0, 0.05) is 16.9 Å². The monoisotopic (exact) mass is 465 g/mol. The zero-order valence-corrected chi connectivity index (χ0v) is 18.7. The third-order valence-electron chi connectivity index (χ3n) is 5.48. The third kappa shape index (κ3) is 4.98. The van der Waals surface area contributed by atoms with Crippen LogP contribution in [-0.2, 0) is 31.9 Å². The Labute approximate surface area is 195 Å². The van der Waals surface area contributed by atoms with Crippen molar-refractivity contribution >= 4 is 23.5 Å². The molecular weight excluding hydrogens is 441 g/mol. The third-order valence-corrected chi connectivity index (χ3v) is 5.48. The van der Waals surface area contributed by atoms with Crippen LogP contribution in [0.5, 0.6) is 0 Å². The van der Waals surface area contributed by atoms with E-state index in [-0.39, 0.29) is 24.7 Å². The maximum Gasteiger partial charge on any atom is 0.359 e. The van der Waals surface area contributed by atoms with Crippen molar-refractivity contribution in [2.24, 2.45) is 0 Å². The first-order valence-electron chi connectivity index (χ1n) is 11.0. The minimum Gasteiger partial charge on any atom is -0.465 e. The Morgan fingerprint density at radius 2 is 1.76 bits per heavy atom. The summed E-state index contributed by atoms with van der Waals surface area (Å²) in [7, 11) is 0. The fourth-order valence-corrected chi connectivity index (χ4v) is 3.94. The molecule has 0 saturated heterocycles. The Kier molecular flexibility index (Phi) is 7.01. The molecule has 0 atom stereocenters. The average Bonchev–Trinajstić information content (AvgIpc) is 3.45. The molecule has 1 aliphatic rings. The van der Waals surface area contributed by atoms with Crippen LogP contribution in [0.15, 0.2) is 54.6 Å². The minimum absolute atomic E-state index is 0.140. The summed E-state index contributed by atoms with van der Waals surface area (Å²) in [6, 6.07) is 14.4. The van der Waals surface area contributed by atoms with E-state index in [9.17, 15) is 18.8 Å². The van der Waals surface area contributed by atoms with E-state index in [2.05, 4.69) is 5.10 Å². The fraction of sp³-hybridized carbons (Fsp3) is 0.280. The lowest BCUT2D eigenvalue weighted by molar-refractivity contribution is -0.142. The van der Waals surface area contributed by atoms with Crippen molar-refractivity contribution in [2.75, 3.05) is 24.7 Å². The molecule has 0 aliphatic heterocycles. The van der Waals surface area contributed by atoms with Gasteiger partial charge < -0.3 is 9.47 Å². The first kappa shape index (κ1) is 23.2. The predicted molar refractivity (Wildman–Crippen MR) is 121 cm³/mol. The second-order valence-electron chi connectivity index (χ2n) is 7.71. The number of para-hydroxylation sites is 1. The number of anilines is 1. The highest BCUT2D eigenvalue weighted by Gasteiger charge is 2.29. The summed E-state index contributed by atoms with van der Waals surface area (Å²) in [6.45, 7) is 0.998. The van der Waals surface area contributed by atoms with Crippen molar-refractivity contribution in [1.82, 2.24) is 9.78 Å². The predicted octanol–water partition coefficient (Wildman–Crippen LogP) is 3.25. The van der Waals surface area contributed by atoms with Gasteiger partial charge in [0.1, 0.15) is 12.4 Å². The smallest absolute Gasteiger partial charge is 0.359 e. The quantitative estimate of drug-likeness (QED) is 0.475. The molecule has 4 rings (SSSR count). The first-order valence-corrected chi connectivity index (χ1v) is 11.0. The van der Waals surface area contributed by atoms with E-state index < -0.39 is 24.5 Å². The Bertz CT molecular complexity index is 1190. The van der Waals surface area contributed by atoms with E-state index in [4.69, 9.17) is 9.47 Å². The Balaban J connectivity index is 1.50. The lowest BCUT2D eigenvalue weighted by Crippen LogP contribution is -2.39. The minimum atomic E-state index is -0.725. The van der Waals surface area contributed by atoms with Gasteiger partial charge in [0.25, 0.3) is 5.91 Å². The Morgan fingerprint density at radius 3 is 2.47 bits per heavy atom. The van der Waals surface area contributed by atoms with Crippen LogP contribution in [-0.4, -0.2) is 47.4 Å². The number of amides is 1. The number of aromatic nitrogens is 2. The number of hydrogen-bond acceptors (Lipinski definition) is 6. The van der Waals surface area contributed by atoms with Gasteiger partial charge in [-0.1, -0.05) is 18.2 Å². The molecule has 9 heteroatoms. The molecule has 0 radical (unpaired) electrons. The number of nitrogens with zero attached hydrogens (tertiary/aromatic N) is 3. The molecule has 34 heavy (non-hydrogen) atoms. The number of benzene rings is 2. The maximum atomic E-state index is 13.3. The molecule has 1 aromatic heterocycles. The number of carbonyl (C=O) groups is 3. The van der Waals surface area contributed by atoms with Crippen molar-refractivity contribution < 1.29 is 28.2 Å². The second kappa shape index (κ2) is 10.3. The van der Waals surface area contributed by atoms with Gasteiger partial charge in [0.05, 0.1) is 12.3 Å². The van der Waals surface area contributed by atoms with Crippen LogP contribution in [0, 0.1) is 5.82 Å². The normalized spacial score (nSPS) is 12.2. The van der Waals surface area contributed by atoms with Crippen LogP contribution in [0.2, 0.25) is 0 Å². The van der Waals surface area contributed by atoms with Crippen molar-refractivity contribution in [1.29, 1.82) is 0 Å². The highest BCUT2D eigenvalue weighted by molar-refractivity contribution is 6.00. The number of hydrogen-bond donors (Lipinski definition) is 0. The number of esters is 2. The molecule has 2 aromatic carbocycles. The Morgan fingerprint density at radius 1 is 1.03 bits per heavy atom. The molecule has 3 aromatic rings. The van der Waals surface area contributed by atoms with Crippen molar-refractivity contribution in [3.05, 3.63) is 77.4 Å². The number of fused-ring (bicyclic) bond motifs is 1. The van der Waals surface area contributed by atoms with E-state index in [0.29, 0.717) is 17.8 Å². The summed E-state index contributed by atoms with van der Waals surface area (Å²) < 4.78 is 25.2. The van der Waals surface area contributed by atoms with Crippen molar-refractivity contribution in [3.63, 3.8) is 0 Å². The number of carbonyl (C=O) groups excluding carboxylic acids is 3. The number of rotatable bonds is 8. The molecule has 0 unspecified atom stereocenters. The highest BCUT2D eigenvalue weighted by Crippen LogP contribution is 2.28. The number of halogens is 1. The van der Waals surface area contributed by atoms with Gasteiger partial charge in [-0.05, 0) is 62.6 Å². The summed E-state index contributed by atoms with van der Waals surface area (Å²) in [5.41, 5.74) is 2.91. The molecule has 0 saturated carbocycles. The molecule has 8 nitrogen and oxygen atoms in total. The summed E-state index contributed by atoms with van der Waals surface area (Å²) >= 11 is 0. The lowest BCUT2D eigenvalue weighted by Gasteiger charge is -2.21. The summed E-state index contributed by atoms with van der Waals surface area (Å²) in [5, 5.41) is 4.41. The summed E-state index contributed by atoms with van der Waals surface area (Å²) in [6.07, 6.45) is 2.25. The van der Waals surface area contributed by atoms with Gasteiger partial charge in [0.15, 0.2) is 12.3 Å². The molecule has 1 heterocycles. The van der Waals surface area contributed by atoms with Crippen LogP contribution < -0.4 is 4.90 Å². The summed E-state index contributed by atoms with van der Waals surface area (Å²) in [4.78, 5) is 39.0. The van der Waals surface area contributed by atoms with Gasteiger partial charge in [0.2, 0.25) is 0 Å². The zero-order chi connectivity index (χ0) is 24.1. The number of ether oxygens (including phenoxy) is 2. The molecule has 0 bridgehead atoms. The molecular formula is C25H24FN3O5. The van der Waals surface area contributed by atoms with E-state index in [1.807, 2.05) is 0 Å². The maximum absolute atomic E-state index is 13.3. The molecule has 0 fully saturated rings. The van der Waals surface area contributed by atoms with E-state index >= 15 is 0 Å². The molecule has 0 N–H and O–H groups in total. The molecule has 1 aliphatic carbocycles. The van der Waals surface area contributed by atoms with Gasteiger partial charge in [-0.3, -0.25) is 14.5 Å². The lowest BCUT2D eigenvalue weighted by atomic mass is 10.2. The van der Waals surface area contributed by atoms with Crippen LogP contribution in [0.4, 0.5) is 10.1 Å². The standard InChI is InChI=1S/C25H24FN3O5/c1-2-33-23(31)15-28(18-7-4-3-5-8-18)22(30)16-34-25(32)24-20-9-6-10-21(20)29(27-24)19-13-11-17(26)12-14-19/h3-5,7-8,11-14H,2,6,9-10,15-16H2,1H3. The van der Waals surface area contributed by atoms with Crippen LogP contribution in [0.1, 0.15) is 35.1 Å². The van der Waals surface area contributed by atoms with E-state index in [0.717, 1.165) is 24.1 Å². The van der Waals surface area contributed by atoms with E-state index in [1.165, 1.54) is 17.0 Å². The van der Waals surface area contributed by atoms with Crippen LogP contribution in [0.25, 0.3) is 5.69 Å². The summed E-state index contributed by atoms with van der Waals surface area (Å²) in [5.74, 6) is -2.22. The average molecular weight is 465 g/mol. The van der Waals surface area contributed by atoms with Gasteiger partial charge in [-0.2, -0.15) is 5.10 Å². The zero-order valence-electron chi connectivity index (χ0n) is 18.7. The van der Waals surface area contributed by atoms with Gasteiger partial charge in [-0.25, -0.2) is 13.9 Å². The van der Waals surface area contributed by atoms with Gasteiger partial charge >= 0.3 is 11.9 Å². The highest BCUT2D eigenvalue weighted by atomic mass is 19.1. The van der Waals surface area contributed by atoms with E-state index in [1.54, 1.807) is 54.1 Å². The van der Waals surface area contributed by atoms with Crippen LogP contribution >= 0.6 is 0 Å². The topological polar surface area (TPSA) is 90.7 Å². The molecule has 176 valence electrons. The van der Waals surface area contributed by atoms with Gasteiger partial charge in [-0.15, -0.1) is 0 Å².